The fourth-order valence-electron chi connectivity index (χ4n) is 0.567. The van der Waals surface area contributed by atoms with Crippen LogP contribution in [0.2, 0.25) is 0 Å². The van der Waals surface area contributed by atoms with Crippen molar-refractivity contribution in [1.29, 1.82) is 0 Å². The maximum absolute atomic E-state index is 10.6. The first kappa shape index (κ1) is 17.7. The van der Waals surface area contributed by atoms with Crippen molar-refractivity contribution < 1.29 is 61.9 Å². The van der Waals surface area contributed by atoms with Crippen molar-refractivity contribution in [2.75, 3.05) is 32.2 Å². The number of aliphatic hydroxyl groups is 1. The van der Waals surface area contributed by atoms with Gasteiger partial charge in [-0.2, -0.15) is 0 Å². The number of aliphatic hydroxyl groups excluding tert-OH is 1. The van der Waals surface area contributed by atoms with Gasteiger partial charge in [0.2, 0.25) is 0 Å². The SMILES string of the molecule is O=C(CS(=O)(=O)[O-])OCCOCCO.[Na+]. The van der Waals surface area contributed by atoms with Crippen molar-refractivity contribution in [3.05, 3.63) is 0 Å². The first-order valence-corrected chi connectivity index (χ1v) is 5.31. The second-order valence-electron chi connectivity index (χ2n) is 2.26. The summed E-state index contributed by atoms with van der Waals surface area (Å²) < 4.78 is 39.2. The minimum Gasteiger partial charge on any atom is -0.748 e. The van der Waals surface area contributed by atoms with Crippen molar-refractivity contribution in [2.45, 2.75) is 0 Å². The summed E-state index contributed by atoms with van der Waals surface area (Å²) in [5.74, 6) is -2.28. The molecular formula is C6H11NaO7S. The first-order valence-electron chi connectivity index (χ1n) is 3.73. The van der Waals surface area contributed by atoms with Crippen molar-refractivity contribution in [3.63, 3.8) is 0 Å². The maximum atomic E-state index is 10.6. The number of esters is 1. The zero-order chi connectivity index (χ0) is 11.0. The zero-order valence-corrected chi connectivity index (χ0v) is 11.2. The van der Waals surface area contributed by atoms with Gasteiger partial charge in [0.05, 0.1) is 19.8 Å². The van der Waals surface area contributed by atoms with Crippen LogP contribution in [0.25, 0.3) is 0 Å². The third kappa shape index (κ3) is 14.3. The molecule has 0 atom stereocenters. The van der Waals surface area contributed by atoms with Gasteiger partial charge < -0.3 is 19.1 Å². The van der Waals surface area contributed by atoms with Crippen LogP contribution in [-0.4, -0.2) is 56.2 Å². The number of hydrogen-bond acceptors (Lipinski definition) is 7. The molecule has 84 valence electrons. The van der Waals surface area contributed by atoms with Gasteiger partial charge in [-0.15, -0.1) is 0 Å². The van der Waals surface area contributed by atoms with Crippen LogP contribution in [0.5, 0.6) is 0 Å². The first-order chi connectivity index (χ1) is 6.45. The average molecular weight is 250 g/mol. The van der Waals surface area contributed by atoms with Gasteiger partial charge in [-0.1, -0.05) is 0 Å². The van der Waals surface area contributed by atoms with E-state index in [4.69, 9.17) is 9.84 Å². The Morgan fingerprint density at radius 3 is 2.33 bits per heavy atom. The largest absolute Gasteiger partial charge is 1.00 e. The Morgan fingerprint density at radius 2 is 1.87 bits per heavy atom. The van der Waals surface area contributed by atoms with E-state index >= 15 is 0 Å². The van der Waals surface area contributed by atoms with Crippen molar-refractivity contribution in [3.8, 4) is 0 Å². The van der Waals surface area contributed by atoms with E-state index in [1.54, 1.807) is 0 Å². The number of carbonyl (C=O) groups is 1. The van der Waals surface area contributed by atoms with Gasteiger partial charge in [-0.05, 0) is 0 Å². The molecule has 7 nitrogen and oxygen atoms in total. The topological polar surface area (TPSA) is 113 Å². The summed E-state index contributed by atoms with van der Waals surface area (Å²) in [5, 5.41) is 8.27. The van der Waals surface area contributed by atoms with Crippen molar-refractivity contribution in [1.82, 2.24) is 0 Å². The van der Waals surface area contributed by atoms with Crippen LogP contribution in [0.15, 0.2) is 0 Å². The summed E-state index contributed by atoms with van der Waals surface area (Å²) in [6, 6.07) is 0. The van der Waals surface area contributed by atoms with Crippen LogP contribution < -0.4 is 29.6 Å². The molecule has 0 amide bonds. The van der Waals surface area contributed by atoms with Gasteiger partial charge in [-0.25, -0.2) is 8.42 Å². The molecule has 0 spiro atoms. The molecule has 0 saturated heterocycles. The van der Waals surface area contributed by atoms with E-state index in [1.165, 1.54) is 0 Å². The van der Waals surface area contributed by atoms with Gasteiger partial charge in [0, 0.05) is 0 Å². The molecule has 0 aromatic heterocycles. The second kappa shape index (κ2) is 9.52. The molecule has 0 aliphatic carbocycles. The molecule has 0 aromatic carbocycles. The summed E-state index contributed by atoms with van der Waals surface area (Å²) in [4.78, 5) is 10.6. The third-order valence-corrected chi connectivity index (χ3v) is 1.61. The zero-order valence-electron chi connectivity index (χ0n) is 8.34. The van der Waals surface area contributed by atoms with Gasteiger partial charge in [-0.3, -0.25) is 4.79 Å². The Bertz CT molecular complexity index is 263. The van der Waals surface area contributed by atoms with Crippen LogP contribution in [-0.2, 0) is 24.4 Å². The molecule has 0 fully saturated rings. The predicted molar refractivity (Wildman–Crippen MR) is 43.4 cm³/mol. The van der Waals surface area contributed by atoms with Crippen LogP contribution >= 0.6 is 0 Å². The van der Waals surface area contributed by atoms with Crippen LogP contribution in [0.4, 0.5) is 0 Å². The Labute approximate surface area is 110 Å². The molecule has 0 bridgehead atoms. The Balaban J connectivity index is 0. The van der Waals surface area contributed by atoms with Crippen LogP contribution in [0, 0.1) is 0 Å². The minimum atomic E-state index is -4.58. The summed E-state index contributed by atoms with van der Waals surface area (Å²) in [6.45, 7) is -0.139. The fraction of sp³-hybridized carbons (Fsp3) is 0.833. The number of hydrogen-bond donors (Lipinski definition) is 1. The Morgan fingerprint density at radius 1 is 1.27 bits per heavy atom. The van der Waals surface area contributed by atoms with E-state index in [1.807, 2.05) is 0 Å². The average Bonchev–Trinajstić information content (AvgIpc) is 2.00. The molecule has 0 aliphatic rings. The quantitative estimate of drug-likeness (QED) is 0.208. The van der Waals surface area contributed by atoms with Crippen molar-refractivity contribution in [2.24, 2.45) is 0 Å². The number of ether oxygens (including phenoxy) is 2. The van der Waals surface area contributed by atoms with E-state index in [0.29, 0.717) is 0 Å². The molecule has 0 radical (unpaired) electrons. The number of carbonyl (C=O) groups excluding carboxylic acids is 1. The van der Waals surface area contributed by atoms with E-state index in [-0.39, 0.29) is 56.0 Å². The maximum Gasteiger partial charge on any atom is 1.00 e. The molecule has 15 heavy (non-hydrogen) atoms. The van der Waals surface area contributed by atoms with Gasteiger partial charge in [0.25, 0.3) is 0 Å². The molecule has 9 heteroatoms. The smallest absolute Gasteiger partial charge is 0.748 e. The molecular weight excluding hydrogens is 239 g/mol. The molecule has 1 N–H and O–H groups in total. The Hall–Kier alpha value is 0.300. The van der Waals surface area contributed by atoms with Crippen LogP contribution in [0.3, 0.4) is 0 Å². The molecule has 0 heterocycles. The molecule has 0 aromatic rings. The third-order valence-electron chi connectivity index (χ3n) is 1.02. The Kier molecular flexibility index (Phi) is 11.2. The fourth-order valence-corrected chi connectivity index (χ4v) is 0.939. The predicted octanol–water partition coefficient (Wildman–Crippen LogP) is -4.91. The second-order valence-corrected chi connectivity index (χ2v) is 3.66. The monoisotopic (exact) mass is 250 g/mol. The summed E-state index contributed by atoms with van der Waals surface area (Å²) >= 11 is 0. The van der Waals surface area contributed by atoms with E-state index < -0.39 is 21.8 Å². The van der Waals surface area contributed by atoms with E-state index in [9.17, 15) is 17.8 Å². The normalized spacial score (nSPS) is 10.5. The van der Waals surface area contributed by atoms with Crippen molar-refractivity contribution >= 4 is 16.1 Å². The standard InChI is InChI=1S/C6H12O7S.Na/c7-1-2-12-3-4-13-6(8)5-14(9,10)11;/h7H,1-5H2,(H,9,10,11);/q;+1/p-1. The van der Waals surface area contributed by atoms with Gasteiger partial charge in [0.1, 0.15) is 22.5 Å². The molecule has 0 aliphatic heterocycles. The van der Waals surface area contributed by atoms with Gasteiger partial charge in [0.15, 0.2) is 0 Å². The van der Waals surface area contributed by atoms with Crippen LogP contribution in [0.1, 0.15) is 0 Å². The summed E-state index contributed by atoms with van der Waals surface area (Å²) in [5.41, 5.74) is 0. The summed E-state index contributed by atoms with van der Waals surface area (Å²) in [7, 11) is -4.58. The minimum absolute atomic E-state index is 0. The van der Waals surface area contributed by atoms with E-state index in [2.05, 4.69) is 4.74 Å². The molecule has 0 rings (SSSR count). The summed E-state index contributed by atoms with van der Waals surface area (Å²) in [6.07, 6.45) is 0. The van der Waals surface area contributed by atoms with Gasteiger partial charge >= 0.3 is 35.5 Å². The van der Waals surface area contributed by atoms with E-state index in [0.717, 1.165) is 0 Å². The number of rotatable bonds is 7. The molecule has 0 unspecified atom stereocenters. The molecule has 0 saturated carbocycles.